The van der Waals surface area contributed by atoms with Crippen LogP contribution < -0.4 is 20.3 Å². The lowest BCUT2D eigenvalue weighted by Crippen LogP contribution is -2.40. The highest BCUT2D eigenvalue weighted by atomic mass is 32.2. The zero-order valence-corrected chi connectivity index (χ0v) is 32.8. The maximum Gasteiger partial charge on any atom is 0.231 e. The van der Waals surface area contributed by atoms with Gasteiger partial charge in [-0.15, -0.1) is 0 Å². The number of carbonyl (C=O) groups is 3. The average molecular weight is 740 g/mol. The molecule has 0 aromatic heterocycles. The number of Topliss-reactive ketones (excluding diaryl/α,β-unsaturated/α-hetero) is 1. The fourth-order valence-electron chi connectivity index (χ4n) is 6.50. The minimum Gasteiger partial charge on any atom is -0.381 e. The summed E-state index contributed by atoms with van der Waals surface area (Å²) in [5.74, 6) is -1.88. The molecule has 12 heteroatoms. The van der Waals surface area contributed by atoms with E-state index in [1.165, 1.54) is 64.7 Å². The smallest absolute Gasteiger partial charge is 0.231 e. The Morgan fingerprint density at radius 1 is 0.923 bits per heavy atom. The number of aliphatic imine (C=N–C) groups is 1. The third-order valence-electron chi connectivity index (χ3n) is 9.30. The van der Waals surface area contributed by atoms with Gasteiger partial charge in [-0.25, -0.2) is 13.1 Å². The molecule has 1 aliphatic carbocycles. The van der Waals surface area contributed by atoms with Crippen molar-refractivity contribution in [2.75, 3.05) is 55.9 Å². The molecule has 0 saturated carbocycles. The molecule has 1 unspecified atom stereocenters. The Bertz CT molecular complexity index is 1610. The number of hydrogen-bond acceptors (Lipinski definition) is 8. The fourth-order valence-corrected chi connectivity index (χ4v) is 6.96. The zero-order chi connectivity index (χ0) is 37.9. The van der Waals surface area contributed by atoms with Crippen molar-refractivity contribution in [2.24, 2.45) is 10.9 Å². The van der Waals surface area contributed by atoms with Crippen LogP contribution in [0.4, 0.5) is 17.1 Å². The van der Waals surface area contributed by atoms with E-state index in [2.05, 4.69) is 27.2 Å². The number of unbranched alkanes of at least 4 members (excludes halogenated alkanes) is 9. The minimum atomic E-state index is -3.29. The van der Waals surface area contributed by atoms with Gasteiger partial charge < -0.3 is 20.3 Å². The Morgan fingerprint density at radius 3 is 2.23 bits per heavy atom. The summed E-state index contributed by atoms with van der Waals surface area (Å²) in [4.78, 5) is 46.3. The van der Waals surface area contributed by atoms with E-state index in [4.69, 9.17) is 9.73 Å². The summed E-state index contributed by atoms with van der Waals surface area (Å²) in [6.07, 6.45) is 14.7. The Morgan fingerprint density at radius 2 is 1.60 bits per heavy atom. The number of ether oxygens (including phenoxy) is 1. The van der Waals surface area contributed by atoms with Crippen LogP contribution in [0, 0.1) is 12.8 Å². The van der Waals surface area contributed by atoms with Crippen molar-refractivity contribution < 1.29 is 27.5 Å². The van der Waals surface area contributed by atoms with Gasteiger partial charge in [-0.1, -0.05) is 76.8 Å². The maximum absolute atomic E-state index is 13.7. The molecule has 3 N–H and O–H groups in total. The normalized spacial score (nSPS) is 15.1. The van der Waals surface area contributed by atoms with Crippen LogP contribution in [0.3, 0.4) is 0 Å². The van der Waals surface area contributed by atoms with E-state index in [9.17, 15) is 22.8 Å². The standard InChI is InChI=1S/C40H61N5O6S/c1-6-8-9-10-11-12-13-14-15-16-26-51-27-18-23-41-40(48)34-29-37(38-33(39(34)47)19-17-20-36(38)43-31(4)46)44-35-22-21-32(28-30(35)3)45(7-2)25-24-42-52(5,49)50/h17,19-22,28,34,42H,6-16,18,23-27,29H2,1-5H3,(H,41,48)(H,43,46). The van der Waals surface area contributed by atoms with E-state index in [0.717, 1.165) is 30.5 Å². The molecular formula is C40H61N5O6S. The van der Waals surface area contributed by atoms with Gasteiger partial charge in [-0.3, -0.25) is 19.4 Å². The van der Waals surface area contributed by atoms with Crippen LogP contribution in [0.25, 0.3) is 0 Å². The number of fused-ring (bicyclic) bond motifs is 1. The number of aryl methyl sites for hydroxylation is 1. The molecular weight excluding hydrogens is 679 g/mol. The van der Waals surface area contributed by atoms with E-state index in [1.807, 2.05) is 32.0 Å². The molecule has 0 bridgehead atoms. The van der Waals surface area contributed by atoms with Crippen LogP contribution in [0.5, 0.6) is 0 Å². The molecule has 0 heterocycles. The summed E-state index contributed by atoms with van der Waals surface area (Å²) in [5.41, 5.74) is 4.34. The highest BCUT2D eigenvalue weighted by Crippen LogP contribution is 2.34. The van der Waals surface area contributed by atoms with E-state index < -0.39 is 15.9 Å². The SMILES string of the molecule is CCCCCCCCCCCCOCCCNC(=O)C1CC(=Nc2ccc(N(CC)CCNS(C)(=O)=O)cc2C)c2c(NC(C)=O)cccc2C1=O. The minimum absolute atomic E-state index is 0.0863. The first-order valence-corrected chi connectivity index (χ1v) is 21.0. The molecule has 288 valence electrons. The third kappa shape index (κ3) is 14.4. The first-order chi connectivity index (χ1) is 24.9. The summed E-state index contributed by atoms with van der Waals surface area (Å²) in [5, 5.41) is 5.77. The van der Waals surface area contributed by atoms with Gasteiger partial charge in [0.05, 0.1) is 23.3 Å². The summed E-state index contributed by atoms with van der Waals surface area (Å²) in [6.45, 7) is 10.7. The van der Waals surface area contributed by atoms with Crippen molar-refractivity contribution in [1.82, 2.24) is 10.0 Å². The summed E-state index contributed by atoms with van der Waals surface area (Å²) >= 11 is 0. The molecule has 11 nitrogen and oxygen atoms in total. The third-order valence-corrected chi connectivity index (χ3v) is 10.0. The van der Waals surface area contributed by atoms with Gasteiger partial charge in [0.1, 0.15) is 5.92 Å². The second-order valence-electron chi connectivity index (χ2n) is 13.7. The van der Waals surface area contributed by atoms with Crippen LogP contribution in [-0.2, 0) is 24.3 Å². The zero-order valence-electron chi connectivity index (χ0n) is 32.0. The number of carbonyl (C=O) groups excluding carboxylic acids is 3. The molecule has 0 fully saturated rings. The molecule has 3 rings (SSSR count). The second-order valence-corrected chi connectivity index (χ2v) is 15.6. The number of benzene rings is 2. The molecule has 0 spiro atoms. The second kappa shape index (κ2) is 22.5. The van der Waals surface area contributed by atoms with E-state index in [1.54, 1.807) is 18.2 Å². The van der Waals surface area contributed by atoms with Gasteiger partial charge >= 0.3 is 0 Å². The lowest BCUT2D eigenvalue weighted by molar-refractivity contribution is -0.123. The quantitative estimate of drug-likeness (QED) is 0.0770. The number of nitrogens with zero attached hydrogens (tertiary/aromatic N) is 2. The summed E-state index contributed by atoms with van der Waals surface area (Å²) in [7, 11) is -3.29. The highest BCUT2D eigenvalue weighted by Gasteiger charge is 2.37. The molecule has 2 aromatic carbocycles. The molecule has 2 aromatic rings. The number of ketones is 1. The predicted molar refractivity (Wildman–Crippen MR) is 212 cm³/mol. The van der Waals surface area contributed by atoms with Crippen LogP contribution in [0.2, 0.25) is 0 Å². The van der Waals surface area contributed by atoms with Crippen molar-refractivity contribution >= 4 is 50.4 Å². The Hall–Kier alpha value is -3.61. The van der Waals surface area contributed by atoms with Gasteiger partial charge in [-0.05, 0) is 56.5 Å². The van der Waals surface area contributed by atoms with Gasteiger partial charge in [0.25, 0.3) is 0 Å². The molecule has 52 heavy (non-hydrogen) atoms. The topological polar surface area (TPSA) is 146 Å². The van der Waals surface area contributed by atoms with E-state index in [-0.39, 0.29) is 30.6 Å². The fraction of sp³-hybridized carbons (Fsp3) is 0.600. The number of likely N-dealkylation sites (N-methyl/N-ethyl adjacent to an activating group) is 1. The summed E-state index contributed by atoms with van der Waals surface area (Å²) < 4.78 is 31.4. The van der Waals surface area contributed by atoms with Gasteiger partial charge in [0, 0.05) is 69.6 Å². The van der Waals surface area contributed by atoms with Crippen LogP contribution in [0.1, 0.15) is 119 Å². The van der Waals surface area contributed by atoms with Crippen molar-refractivity contribution in [3.05, 3.63) is 53.1 Å². The van der Waals surface area contributed by atoms with Gasteiger partial charge in [0.15, 0.2) is 5.78 Å². The molecule has 0 radical (unpaired) electrons. The first kappa shape index (κ1) is 42.8. The lowest BCUT2D eigenvalue weighted by atomic mass is 9.80. The van der Waals surface area contributed by atoms with Crippen LogP contribution in [0.15, 0.2) is 41.4 Å². The number of amides is 2. The van der Waals surface area contributed by atoms with Crippen molar-refractivity contribution in [1.29, 1.82) is 0 Å². The van der Waals surface area contributed by atoms with Crippen molar-refractivity contribution in [2.45, 2.75) is 105 Å². The molecule has 1 atom stereocenters. The molecule has 1 aliphatic rings. The van der Waals surface area contributed by atoms with Crippen molar-refractivity contribution in [3.63, 3.8) is 0 Å². The van der Waals surface area contributed by atoms with Gasteiger partial charge in [-0.2, -0.15) is 0 Å². The average Bonchev–Trinajstić information content (AvgIpc) is 3.09. The summed E-state index contributed by atoms with van der Waals surface area (Å²) in [6, 6.07) is 10.9. The molecule has 0 aliphatic heterocycles. The molecule has 2 amide bonds. The number of rotatable bonds is 24. The van der Waals surface area contributed by atoms with Crippen molar-refractivity contribution in [3.8, 4) is 0 Å². The number of anilines is 2. The van der Waals surface area contributed by atoms with Gasteiger partial charge in [0.2, 0.25) is 21.8 Å². The monoisotopic (exact) mass is 739 g/mol. The van der Waals surface area contributed by atoms with Crippen LogP contribution in [-0.4, -0.2) is 77.4 Å². The Labute approximate surface area is 311 Å². The molecule has 0 saturated heterocycles. The number of hydrogen-bond donors (Lipinski definition) is 3. The lowest BCUT2D eigenvalue weighted by Gasteiger charge is -2.27. The Kier molecular flexibility index (Phi) is 18.5. The number of nitrogens with one attached hydrogen (secondary N) is 3. The van der Waals surface area contributed by atoms with Crippen LogP contribution >= 0.6 is 0 Å². The predicted octanol–water partition coefficient (Wildman–Crippen LogP) is 7.10. The largest absolute Gasteiger partial charge is 0.381 e. The van der Waals surface area contributed by atoms with E-state index in [0.29, 0.717) is 60.9 Å². The Balaban J connectivity index is 1.62. The highest BCUT2D eigenvalue weighted by molar-refractivity contribution is 7.88. The first-order valence-electron chi connectivity index (χ1n) is 19.1. The maximum atomic E-state index is 13.7. The van der Waals surface area contributed by atoms with E-state index >= 15 is 0 Å². The number of sulfonamides is 1.